The molecule has 0 aliphatic rings. The van der Waals surface area contributed by atoms with Crippen molar-refractivity contribution in [2.24, 2.45) is 11.7 Å². The van der Waals surface area contributed by atoms with Crippen molar-refractivity contribution in [1.29, 1.82) is 0 Å². The monoisotopic (exact) mass is 326 g/mol. The van der Waals surface area contributed by atoms with Gasteiger partial charge in [-0.05, 0) is 35.8 Å². The topological polar surface area (TPSA) is 55.1 Å². The zero-order valence-corrected chi connectivity index (χ0v) is 15.1. The van der Waals surface area contributed by atoms with E-state index in [0.717, 1.165) is 12.8 Å². The van der Waals surface area contributed by atoms with Crippen molar-refractivity contribution in [1.82, 2.24) is 5.32 Å². The van der Waals surface area contributed by atoms with Crippen LogP contribution in [0.25, 0.3) is 0 Å². The van der Waals surface area contributed by atoms with Gasteiger partial charge >= 0.3 is 0 Å². The Hall–Kier alpha value is -1.06. The Morgan fingerprint density at radius 3 is 2.18 bits per heavy atom. The van der Waals surface area contributed by atoms with Gasteiger partial charge in [0, 0.05) is 19.0 Å². The first-order valence-corrected chi connectivity index (χ1v) is 8.00. The first-order valence-electron chi connectivity index (χ1n) is 8.00. The summed E-state index contributed by atoms with van der Waals surface area (Å²) in [5, 5.41) is 3.03. The van der Waals surface area contributed by atoms with E-state index >= 15 is 0 Å². The van der Waals surface area contributed by atoms with Crippen LogP contribution in [-0.4, -0.2) is 18.5 Å². The second kappa shape index (κ2) is 10.6. The number of hydrogen-bond donors (Lipinski definition) is 2. The molecule has 22 heavy (non-hydrogen) atoms. The minimum Gasteiger partial charge on any atom is -0.352 e. The van der Waals surface area contributed by atoms with Gasteiger partial charge in [-0.2, -0.15) is 0 Å². The third kappa shape index (κ3) is 7.81. The lowest BCUT2D eigenvalue weighted by atomic mass is 10.00. The van der Waals surface area contributed by atoms with Crippen LogP contribution in [-0.2, 0) is 11.2 Å². The molecule has 0 heterocycles. The van der Waals surface area contributed by atoms with Crippen LogP contribution in [0.4, 0.5) is 0 Å². The van der Waals surface area contributed by atoms with Crippen LogP contribution in [0.15, 0.2) is 24.3 Å². The summed E-state index contributed by atoms with van der Waals surface area (Å²) in [4.78, 5) is 12.0. The number of carbonyl (C=O) groups excluding carboxylic acids is 1. The smallest absolute Gasteiger partial charge is 0.220 e. The van der Waals surface area contributed by atoms with E-state index in [0.29, 0.717) is 24.8 Å². The largest absolute Gasteiger partial charge is 0.352 e. The maximum atomic E-state index is 12.0. The lowest BCUT2D eigenvalue weighted by Gasteiger charge is -2.18. The highest BCUT2D eigenvalue weighted by Crippen LogP contribution is 2.15. The molecule has 3 nitrogen and oxygen atoms in total. The SMILES string of the molecule is CC(C)CC(CN)NC(=O)CCc1ccc(C(C)C)cc1.Cl. The minimum atomic E-state index is 0. The number of hydrogen-bond acceptors (Lipinski definition) is 2. The number of nitrogens with one attached hydrogen (secondary N) is 1. The molecule has 0 saturated carbocycles. The van der Waals surface area contributed by atoms with Crippen LogP contribution < -0.4 is 11.1 Å². The molecule has 1 atom stereocenters. The maximum Gasteiger partial charge on any atom is 0.220 e. The van der Waals surface area contributed by atoms with E-state index < -0.39 is 0 Å². The van der Waals surface area contributed by atoms with Gasteiger partial charge in [0.05, 0.1) is 0 Å². The van der Waals surface area contributed by atoms with Crippen molar-refractivity contribution in [3.63, 3.8) is 0 Å². The van der Waals surface area contributed by atoms with Crippen molar-refractivity contribution in [2.45, 2.75) is 58.9 Å². The molecule has 1 aromatic carbocycles. The Morgan fingerprint density at radius 1 is 1.14 bits per heavy atom. The van der Waals surface area contributed by atoms with Crippen molar-refractivity contribution in [3.8, 4) is 0 Å². The molecule has 0 spiro atoms. The molecule has 0 aliphatic heterocycles. The molecule has 0 aliphatic carbocycles. The summed E-state index contributed by atoms with van der Waals surface area (Å²) < 4.78 is 0. The zero-order chi connectivity index (χ0) is 15.8. The molecule has 1 unspecified atom stereocenters. The van der Waals surface area contributed by atoms with Gasteiger partial charge in [0.1, 0.15) is 0 Å². The normalized spacial score (nSPS) is 12.1. The number of rotatable bonds is 8. The van der Waals surface area contributed by atoms with Gasteiger partial charge < -0.3 is 11.1 Å². The molecule has 3 N–H and O–H groups in total. The summed E-state index contributed by atoms with van der Waals surface area (Å²) in [6.07, 6.45) is 2.24. The van der Waals surface area contributed by atoms with Crippen LogP contribution >= 0.6 is 12.4 Å². The van der Waals surface area contributed by atoms with E-state index in [4.69, 9.17) is 5.73 Å². The molecule has 0 saturated heterocycles. The highest BCUT2D eigenvalue weighted by atomic mass is 35.5. The molecule has 1 amide bonds. The van der Waals surface area contributed by atoms with Gasteiger partial charge in [0.25, 0.3) is 0 Å². The van der Waals surface area contributed by atoms with E-state index in [1.165, 1.54) is 11.1 Å². The van der Waals surface area contributed by atoms with Crippen molar-refractivity contribution in [2.75, 3.05) is 6.54 Å². The van der Waals surface area contributed by atoms with Crippen LogP contribution in [0.5, 0.6) is 0 Å². The third-order valence-corrected chi connectivity index (χ3v) is 3.69. The number of amides is 1. The Balaban J connectivity index is 0.00000441. The van der Waals surface area contributed by atoms with Crippen molar-refractivity contribution < 1.29 is 4.79 Å². The Labute approximate surface area is 141 Å². The molecule has 0 aromatic heterocycles. The van der Waals surface area contributed by atoms with E-state index in [-0.39, 0.29) is 24.4 Å². The molecule has 0 fully saturated rings. The summed E-state index contributed by atoms with van der Waals surface area (Å²) in [5.41, 5.74) is 8.25. The van der Waals surface area contributed by atoms with Crippen molar-refractivity contribution in [3.05, 3.63) is 35.4 Å². The lowest BCUT2D eigenvalue weighted by Crippen LogP contribution is -2.41. The van der Waals surface area contributed by atoms with Gasteiger partial charge in [0.15, 0.2) is 0 Å². The quantitative estimate of drug-likeness (QED) is 0.766. The lowest BCUT2D eigenvalue weighted by molar-refractivity contribution is -0.121. The summed E-state index contributed by atoms with van der Waals surface area (Å²) in [5.74, 6) is 1.19. The molecule has 0 radical (unpaired) electrons. The number of aryl methyl sites for hydroxylation is 1. The summed E-state index contributed by atoms with van der Waals surface area (Å²) in [6, 6.07) is 8.65. The molecular weight excluding hydrogens is 296 g/mol. The Bertz CT molecular complexity index is 429. The van der Waals surface area contributed by atoms with Crippen LogP contribution in [0.2, 0.25) is 0 Å². The van der Waals surface area contributed by atoms with Gasteiger partial charge in [0.2, 0.25) is 5.91 Å². The maximum absolute atomic E-state index is 12.0. The predicted octanol–water partition coefficient (Wildman–Crippen LogP) is 3.65. The van der Waals surface area contributed by atoms with Gasteiger partial charge in [-0.25, -0.2) is 0 Å². The molecule has 4 heteroatoms. The predicted molar refractivity (Wildman–Crippen MR) is 96.5 cm³/mol. The number of halogens is 1. The van der Waals surface area contributed by atoms with Gasteiger partial charge in [-0.1, -0.05) is 52.0 Å². The number of benzene rings is 1. The zero-order valence-electron chi connectivity index (χ0n) is 14.3. The number of nitrogens with two attached hydrogens (primary N) is 1. The Morgan fingerprint density at radius 2 is 1.73 bits per heavy atom. The first-order chi connectivity index (χ1) is 9.92. The molecule has 126 valence electrons. The molecule has 1 aromatic rings. The van der Waals surface area contributed by atoms with E-state index in [1.54, 1.807) is 0 Å². The fraction of sp³-hybridized carbons (Fsp3) is 0.611. The fourth-order valence-electron chi connectivity index (χ4n) is 2.41. The van der Waals surface area contributed by atoms with Crippen LogP contribution in [0, 0.1) is 5.92 Å². The average molecular weight is 327 g/mol. The Kier molecular flexibility index (Phi) is 10.1. The van der Waals surface area contributed by atoms with E-state index in [2.05, 4.69) is 57.3 Å². The van der Waals surface area contributed by atoms with E-state index in [1.807, 2.05) is 0 Å². The highest BCUT2D eigenvalue weighted by molar-refractivity contribution is 5.85. The highest BCUT2D eigenvalue weighted by Gasteiger charge is 2.12. The van der Waals surface area contributed by atoms with Gasteiger partial charge in [-0.3, -0.25) is 4.79 Å². The van der Waals surface area contributed by atoms with Crippen LogP contribution in [0.1, 0.15) is 57.6 Å². The second-order valence-corrected chi connectivity index (χ2v) is 6.53. The second-order valence-electron chi connectivity index (χ2n) is 6.53. The standard InChI is InChI=1S/C18H30N2O.ClH/c1-13(2)11-17(12-19)20-18(21)10-7-15-5-8-16(9-6-15)14(3)4;/h5-6,8-9,13-14,17H,7,10-12,19H2,1-4H3,(H,20,21);1H. The summed E-state index contributed by atoms with van der Waals surface area (Å²) >= 11 is 0. The minimum absolute atomic E-state index is 0. The number of carbonyl (C=O) groups is 1. The summed E-state index contributed by atoms with van der Waals surface area (Å²) in [6.45, 7) is 9.16. The van der Waals surface area contributed by atoms with E-state index in [9.17, 15) is 4.79 Å². The van der Waals surface area contributed by atoms with Crippen LogP contribution in [0.3, 0.4) is 0 Å². The summed E-state index contributed by atoms with van der Waals surface area (Å²) in [7, 11) is 0. The molecule has 0 bridgehead atoms. The molecular formula is C18H31ClN2O. The van der Waals surface area contributed by atoms with Crippen molar-refractivity contribution >= 4 is 18.3 Å². The molecule has 1 rings (SSSR count). The average Bonchev–Trinajstić information content (AvgIpc) is 2.44. The third-order valence-electron chi connectivity index (χ3n) is 3.69. The van der Waals surface area contributed by atoms with Gasteiger partial charge in [-0.15, -0.1) is 12.4 Å². The fourth-order valence-corrected chi connectivity index (χ4v) is 2.41. The first kappa shape index (κ1) is 20.9.